The Morgan fingerprint density at radius 1 is 1.10 bits per heavy atom. The van der Waals surface area contributed by atoms with Crippen molar-refractivity contribution in [1.29, 1.82) is 0 Å². The summed E-state index contributed by atoms with van der Waals surface area (Å²) >= 11 is 0. The molecule has 21 heavy (non-hydrogen) atoms. The Morgan fingerprint density at radius 3 is 2.62 bits per heavy atom. The number of hydrogen-bond acceptors (Lipinski definition) is 3. The van der Waals surface area contributed by atoms with Gasteiger partial charge < -0.3 is 10.6 Å². The molecule has 1 aromatic rings. The van der Waals surface area contributed by atoms with Crippen LogP contribution < -0.4 is 5.73 Å². The normalized spacial score (nSPS) is 31.6. The molecule has 3 unspecified atom stereocenters. The molecule has 2 N–H and O–H groups in total. The molecule has 3 heteroatoms. The number of benzene rings is 1. The number of hydrogen-bond donors (Lipinski definition) is 1. The van der Waals surface area contributed by atoms with Gasteiger partial charge in [0.15, 0.2) is 0 Å². The molecule has 0 bridgehead atoms. The lowest BCUT2D eigenvalue weighted by Gasteiger charge is -2.42. The highest BCUT2D eigenvalue weighted by Crippen LogP contribution is 2.34. The van der Waals surface area contributed by atoms with E-state index in [-0.39, 0.29) is 0 Å². The van der Waals surface area contributed by atoms with Gasteiger partial charge in [0.05, 0.1) is 0 Å². The van der Waals surface area contributed by atoms with E-state index in [2.05, 4.69) is 47.2 Å². The van der Waals surface area contributed by atoms with Gasteiger partial charge in [-0.2, -0.15) is 0 Å². The highest BCUT2D eigenvalue weighted by molar-refractivity contribution is 5.20. The molecule has 0 radical (unpaired) electrons. The van der Waals surface area contributed by atoms with Crippen LogP contribution in [0.1, 0.15) is 30.9 Å². The van der Waals surface area contributed by atoms with Crippen molar-refractivity contribution in [3.63, 3.8) is 0 Å². The van der Waals surface area contributed by atoms with Crippen LogP contribution in [-0.2, 0) is 0 Å². The second-order valence-electron chi connectivity index (χ2n) is 6.87. The van der Waals surface area contributed by atoms with Crippen molar-refractivity contribution in [2.75, 3.05) is 39.8 Å². The smallest absolute Gasteiger partial charge is 0.0475 e. The van der Waals surface area contributed by atoms with Gasteiger partial charge in [0.2, 0.25) is 0 Å². The van der Waals surface area contributed by atoms with E-state index in [0.29, 0.717) is 6.04 Å². The third kappa shape index (κ3) is 3.47. The Morgan fingerprint density at radius 2 is 1.86 bits per heavy atom. The first-order valence-corrected chi connectivity index (χ1v) is 8.45. The molecule has 2 aliphatic rings. The molecule has 3 atom stereocenters. The molecule has 0 spiro atoms. The zero-order valence-electron chi connectivity index (χ0n) is 13.2. The Labute approximate surface area is 129 Å². The van der Waals surface area contributed by atoms with E-state index in [9.17, 15) is 0 Å². The minimum atomic E-state index is 0.545. The quantitative estimate of drug-likeness (QED) is 0.922. The summed E-state index contributed by atoms with van der Waals surface area (Å²) < 4.78 is 0. The number of likely N-dealkylation sites (N-methyl/N-ethyl adjacent to an activating group) is 1. The zero-order valence-corrected chi connectivity index (χ0v) is 13.2. The molecule has 1 aliphatic carbocycles. The standard InChI is InChI=1S/C18H29N3/c1-20-10-11-21(13-17-9-5-8-16(17)12-19)18(14-20)15-6-3-2-4-7-15/h2-4,6-7,16-18H,5,8-14,19H2,1H3. The molecule has 1 aromatic carbocycles. The van der Waals surface area contributed by atoms with Crippen LogP contribution in [0.3, 0.4) is 0 Å². The Kier molecular flexibility index (Phi) is 4.94. The van der Waals surface area contributed by atoms with Gasteiger partial charge in [0.25, 0.3) is 0 Å². The van der Waals surface area contributed by atoms with Gasteiger partial charge in [-0.1, -0.05) is 36.8 Å². The van der Waals surface area contributed by atoms with Gasteiger partial charge in [-0.3, -0.25) is 4.90 Å². The summed E-state index contributed by atoms with van der Waals surface area (Å²) in [6.07, 6.45) is 4.08. The van der Waals surface area contributed by atoms with Crippen molar-refractivity contribution in [2.45, 2.75) is 25.3 Å². The van der Waals surface area contributed by atoms with Crippen molar-refractivity contribution in [3.05, 3.63) is 35.9 Å². The minimum Gasteiger partial charge on any atom is -0.330 e. The lowest BCUT2D eigenvalue weighted by atomic mass is 9.93. The topological polar surface area (TPSA) is 32.5 Å². The average molecular weight is 287 g/mol. The van der Waals surface area contributed by atoms with Crippen LogP contribution in [0.25, 0.3) is 0 Å². The second kappa shape index (κ2) is 6.91. The average Bonchev–Trinajstić information content (AvgIpc) is 2.97. The van der Waals surface area contributed by atoms with E-state index in [1.807, 2.05) is 0 Å². The van der Waals surface area contributed by atoms with Crippen molar-refractivity contribution in [3.8, 4) is 0 Å². The zero-order chi connectivity index (χ0) is 14.7. The van der Waals surface area contributed by atoms with Crippen molar-refractivity contribution in [1.82, 2.24) is 9.80 Å². The fourth-order valence-corrected chi connectivity index (χ4v) is 4.13. The van der Waals surface area contributed by atoms with Gasteiger partial charge >= 0.3 is 0 Å². The summed E-state index contributed by atoms with van der Waals surface area (Å²) in [4.78, 5) is 5.18. The summed E-state index contributed by atoms with van der Waals surface area (Å²) in [5.74, 6) is 1.56. The predicted octanol–water partition coefficient (Wildman–Crippen LogP) is 2.35. The van der Waals surface area contributed by atoms with Crippen LogP contribution in [0.5, 0.6) is 0 Å². The Bertz CT molecular complexity index is 433. The molecule has 1 heterocycles. The molecule has 0 amide bonds. The van der Waals surface area contributed by atoms with E-state index >= 15 is 0 Å². The summed E-state index contributed by atoms with van der Waals surface area (Å²) in [5, 5.41) is 0. The van der Waals surface area contributed by atoms with Crippen LogP contribution in [0.2, 0.25) is 0 Å². The van der Waals surface area contributed by atoms with Gasteiger partial charge in [-0.25, -0.2) is 0 Å². The maximum absolute atomic E-state index is 5.97. The highest BCUT2D eigenvalue weighted by atomic mass is 15.3. The first-order valence-electron chi connectivity index (χ1n) is 8.45. The highest BCUT2D eigenvalue weighted by Gasteiger charge is 2.32. The van der Waals surface area contributed by atoms with E-state index in [1.165, 1.54) is 44.5 Å². The van der Waals surface area contributed by atoms with Crippen molar-refractivity contribution in [2.24, 2.45) is 17.6 Å². The SMILES string of the molecule is CN1CCN(CC2CCCC2CN)C(c2ccccc2)C1. The molecule has 2 fully saturated rings. The molecule has 3 rings (SSSR count). The van der Waals surface area contributed by atoms with E-state index in [1.54, 1.807) is 0 Å². The summed E-state index contributed by atoms with van der Waals surface area (Å²) in [5.41, 5.74) is 7.43. The van der Waals surface area contributed by atoms with E-state index in [4.69, 9.17) is 5.73 Å². The molecular formula is C18H29N3. The molecule has 1 aliphatic heterocycles. The van der Waals surface area contributed by atoms with Gasteiger partial charge in [0.1, 0.15) is 0 Å². The fraction of sp³-hybridized carbons (Fsp3) is 0.667. The number of rotatable bonds is 4. The van der Waals surface area contributed by atoms with Crippen LogP contribution >= 0.6 is 0 Å². The fourth-order valence-electron chi connectivity index (χ4n) is 4.13. The van der Waals surface area contributed by atoms with Gasteiger partial charge in [-0.05, 0) is 43.8 Å². The minimum absolute atomic E-state index is 0.545. The maximum atomic E-state index is 5.97. The molecule has 0 aromatic heterocycles. The van der Waals surface area contributed by atoms with Crippen molar-refractivity contribution < 1.29 is 0 Å². The lowest BCUT2D eigenvalue weighted by Crippen LogP contribution is -2.48. The van der Waals surface area contributed by atoms with Crippen LogP contribution in [0.4, 0.5) is 0 Å². The number of nitrogens with two attached hydrogens (primary N) is 1. The molecule has 1 saturated heterocycles. The third-order valence-corrected chi connectivity index (χ3v) is 5.47. The monoisotopic (exact) mass is 287 g/mol. The number of nitrogens with zero attached hydrogens (tertiary/aromatic N) is 2. The molecule has 1 saturated carbocycles. The maximum Gasteiger partial charge on any atom is 0.0475 e. The lowest BCUT2D eigenvalue weighted by molar-refractivity contribution is 0.0691. The second-order valence-corrected chi connectivity index (χ2v) is 6.87. The molecule has 116 valence electrons. The van der Waals surface area contributed by atoms with Gasteiger partial charge in [0, 0.05) is 32.2 Å². The van der Waals surface area contributed by atoms with E-state index in [0.717, 1.165) is 24.9 Å². The Balaban J connectivity index is 1.72. The van der Waals surface area contributed by atoms with Crippen LogP contribution in [-0.4, -0.2) is 49.6 Å². The Hall–Kier alpha value is -0.900. The first kappa shape index (κ1) is 15.0. The largest absolute Gasteiger partial charge is 0.330 e. The van der Waals surface area contributed by atoms with Crippen molar-refractivity contribution >= 4 is 0 Å². The predicted molar refractivity (Wildman–Crippen MR) is 88.1 cm³/mol. The third-order valence-electron chi connectivity index (χ3n) is 5.47. The first-order chi connectivity index (χ1) is 10.3. The number of piperazine rings is 1. The van der Waals surface area contributed by atoms with Gasteiger partial charge in [-0.15, -0.1) is 0 Å². The summed E-state index contributed by atoms with van der Waals surface area (Å²) in [7, 11) is 2.24. The summed E-state index contributed by atoms with van der Waals surface area (Å²) in [6.45, 7) is 5.61. The van der Waals surface area contributed by atoms with Crippen LogP contribution in [0, 0.1) is 11.8 Å². The molecular weight excluding hydrogens is 258 g/mol. The van der Waals surface area contributed by atoms with E-state index < -0.39 is 0 Å². The molecule has 3 nitrogen and oxygen atoms in total. The summed E-state index contributed by atoms with van der Waals surface area (Å²) in [6, 6.07) is 11.6. The van der Waals surface area contributed by atoms with Crippen LogP contribution in [0.15, 0.2) is 30.3 Å².